The largest absolute Gasteiger partial charge is 0.366 e. The number of hydrogen-bond donors (Lipinski definition) is 1. The number of carbonyl (C=O) groups excluding carboxylic acids is 1. The number of piperazine rings is 1. The third-order valence-corrected chi connectivity index (χ3v) is 3.58. The Kier molecular flexibility index (Phi) is 5.56. The van der Waals surface area contributed by atoms with E-state index in [9.17, 15) is 9.18 Å². The molecule has 1 N–H and O–H groups in total. The van der Waals surface area contributed by atoms with Crippen molar-refractivity contribution >= 4 is 17.3 Å². The van der Waals surface area contributed by atoms with Crippen LogP contribution in [0.25, 0.3) is 0 Å². The minimum Gasteiger partial charge on any atom is -0.366 e. The van der Waals surface area contributed by atoms with Crippen LogP contribution in [0.15, 0.2) is 18.2 Å². The number of anilines is 2. The molecule has 1 aliphatic rings. The number of rotatable bonds is 5. The van der Waals surface area contributed by atoms with Crippen LogP contribution in [0.4, 0.5) is 15.8 Å². The quantitative estimate of drug-likeness (QED) is 0.907. The summed E-state index contributed by atoms with van der Waals surface area (Å²) in [7, 11) is 0. The molecule has 1 aromatic carbocycles. The van der Waals surface area contributed by atoms with Gasteiger partial charge >= 0.3 is 0 Å². The molecule has 1 saturated heterocycles. The van der Waals surface area contributed by atoms with Crippen molar-refractivity contribution in [2.24, 2.45) is 5.92 Å². The van der Waals surface area contributed by atoms with Gasteiger partial charge in [-0.1, -0.05) is 13.8 Å². The Morgan fingerprint density at radius 2 is 2.10 bits per heavy atom. The highest BCUT2D eigenvalue weighted by molar-refractivity contribution is 5.90. The number of nitrogens with zero attached hydrogens (tertiary/aromatic N) is 2. The maximum Gasteiger partial charge on any atom is 0.224 e. The van der Waals surface area contributed by atoms with Crippen LogP contribution in [0.5, 0.6) is 0 Å². The molecule has 1 aromatic rings. The lowest BCUT2D eigenvalue weighted by molar-refractivity contribution is -0.116. The first-order valence-corrected chi connectivity index (χ1v) is 7.54. The molecule has 1 aliphatic heterocycles. The van der Waals surface area contributed by atoms with Gasteiger partial charge in [0.05, 0.1) is 5.69 Å². The van der Waals surface area contributed by atoms with Gasteiger partial charge in [-0.3, -0.25) is 4.79 Å². The summed E-state index contributed by atoms with van der Waals surface area (Å²) >= 11 is 0. The van der Waals surface area contributed by atoms with Crippen molar-refractivity contribution in [2.45, 2.75) is 26.7 Å². The standard InChI is InChI=1S/C16H23FN3O/c1-12(2)3-6-16(21)19-13-4-5-15(14(17)11-13)20-9-7-18-8-10-20/h4-5,11-12H,3,6-10H2,1-2H3,(H,19,21). The predicted molar refractivity (Wildman–Crippen MR) is 83.2 cm³/mol. The zero-order chi connectivity index (χ0) is 15.2. The molecule has 1 fully saturated rings. The van der Waals surface area contributed by atoms with Gasteiger partial charge in [-0.2, -0.15) is 0 Å². The van der Waals surface area contributed by atoms with E-state index in [-0.39, 0.29) is 11.7 Å². The maximum absolute atomic E-state index is 14.2. The molecule has 115 valence electrons. The second kappa shape index (κ2) is 7.41. The fourth-order valence-electron chi connectivity index (χ4n) is 2.33. The summed E-state index contributed by atoms with van der Waals surface area (Å²) in [6.45, 7) is 7.13. The van der Waals surface area contributed by atoms with Gasteiger partial charge in [-0.25, -0.2) is 9.71 Å². The van der Waals surface area contributed by atoms with Crippen LogP contribution in [-0.2, 0) is 4.79 Å². The Bertz CT molecular complexity index is 484. The highest BCUT2D eigenvalue weighted by atomic mass is 19.1. The summed E-state index contributed by atoms with van der Waals surface area (Å²) < 4.78 is 14.2. The Hall–Kier alpha value is -1.62. The van der Waals surface area contributed by atoms with Gasteiger partial charge in [0.1, 0.15) is 5.82 Å². The van der Waals surface area contributed by atoms with Crippen LogP contribution in [0.3, 0.4) is 0 Å². The molecule has 0 saturated carbocycles. The van der Waals surface area contributed by atoms with E-state index in [1.54, 1.807) is 12.1 Å². The van der Waals surface area contributed by atoms with Crippen molar-refractivity contribution in [2.75, 3.05) is 36.4 Å². The monoisotopic (exact) mass is 292 g/mol. The van der Waals surface area contributed by atoms with Crippen molar-refractivity contribution in [1.82, 2.24) is 5.32 Å². The molecular weight excluding hydrogens is 269 g/mol. The lowest BCUT2D eigenvalue weighted by Crippen LogP contribution is -2.40. The highest BCUT2D eigenvalue weighted by Crippen LogP contribution is 2.23. The van der Waals surface area contributed by atoms with E-state index in [1.807, 2.05) is 4.90 Å². The summed E-state index contributed by atoms with van der Waals surface area (Å²) in [5, 5.41) is 7.01. The Morgan fingerprint density at radius 1 is 1.38 bits per heavy atom. The smallest absolute Gasteiger partial charge is 0.224 e. The minimum absolute atomic E-state index is 0.0624. The fraction of sp³-hybridized carbons (Fsp3) is 0.562. The number of halogens is 1. The summed E-state index contributed by atoms with van der Waals surface area (Å²) in [5.41, 5.74) is 1.11. The van der Waals surface area contributed by atoms with Gasteiger partial charge < -0.3 is 10.2 Å². The van der Waals surface area contributed by atoms with Gasteiger partial charge in [0.15, 0.2) is 0 Å². The van der Waals surface area contributed by atoms with Gasteiger partial charge in [0.25, 0.3) is 0 Å². The molecule has 0 spiro atoms. The summed E-state index contributed by atoms with van der Waals surface area (Å²) in [6, 6.07) is 4.89. The molecule has 0 aromatic heterocycles. The van der Waals surface area contributed by atoms with Crippen LogP contribution < -0.4 is 15.5 Å². The van der Waals surface area contributed by atoms with E-state index in [2.05, 4.69) is 24.5 Å². The number of hydrogen-bond acceptors (Lipinski definition) is 2. The van der Waals surface area contributed by atoms with E-state index < -0.39 is 0 Å². The number of nitrogens with one attached hydrogen (secondary N) is 1. The second-order valence-electron chi connectivity index (χ2n) is 5.80. The third-order valence-electron chi connectivity index (χ3n) is 3.58. The normalized spacial score (nSPS) is 15.3. The minimum atomic E-state index is -0.293. The first-order chi connectivity index (χ1) is 10.1. The lowest BCUT2D eigenvalue weighted by Gasteiger charge is -2.29. The van der Waals surface area contributed by atoms with Gasteiger partial charge in [0.2, 0.25) is 5.91 Å². The Labute approximate surface area is 125 Å². The SMILES string of the molecule is CC(C)CCC(=O)Nc1ccc(N2CC[N]CC2)c(F)c1. The van der Waals surface area contributed by atoms with E-state index >= 15 is 0 Å². The molecule has 1 amide bonds. The molecule has 1 heterocycles. The molecule has 4 nitrogen and oxygen atoms in total. The van der Waals surface area contributed by atoms with Crippen molar-refractivity contribution in [1.29, 1.82) is 0 Å². The van der Waals surface area contributed by atoms with Gasteiger partial charge in [0, 0.05) is 38.3 Å². The molecule has 2 rings (SSSR count). The van der Waals surface area contributed by atoms with E-state index in [0.29, 0.717) is 23.7 Å². The molecule has 5 heteroatoms. The van der Waals surface area contributed by atoms with Crippen molar-refractivity contribution in [3.8, 4) is 0 Å². The average Bonchev–Trinajstić information content (AvgIpc) is 2.46. The molecule has 0 aliphatic carbocycles. The zero-order valence-electron chi connectivity index (χ0n) is 12.7. The highest BCUT2D eigenvalue weighted by Gasteiger charge is 2.15. The third kappa shape index (κ3) is 4.70. The summed E-state index contributed by atoms with van der Waals surface area (Å²) in [6.07, 6.45) is 1.30. The van der Waals surface area contributed by atoms with Crippen LogP contribution in [0, 0.1) is 11.7 Å². The average molecular weight is 292 g/mol. The van der Waals surface area contributed by atoms with Crippen molar-refractivity contribution in [3.63, 3.8) is 0 Å². The number of benzene rings is 1. The molecule has 0 bridgehead atoms. The van der Waals surface area contributed by atoms with Crippen molar-refractivity contribution < 1.29 is 9.18 Å². The van der Waals surface area contributed by atoms with E-state index in [1.165, 1.54) is 6.07 Å². The number of amides is 1. The van der Waals surface area contributed by atoms with E-state index in [4.69, 9.17) is 0 Å². The molecular formula is C16H23FN3O. The van der Waals surface area contributed by atoms with Crippen LogP contribution >= 0.6 is 0 Å². The first-order valence-electron chi connectivity index (χ1n) is 7.54. The van der Waals surface area contributed by atoms with Gasteiger partial charge in [-0.15, -0.1) is 0 Å². The molecule has 1 radical (unpaired) electrons. The predicted octanol–water partition coefficient (Wildman–Crippen LogP) is 2.62. The molecule has 21 heavy (non-hydrogen) atoms. The van der Waals surface area contributed by atoms with Gasteiger partial charge in [-0.05, 0) is 30.5 Å². The lowest BCUT2D eigenvalue weighted by atomic mass is 10.1. The fourth-order valence-corrected chi connectivity index (χ4v) is 2.33. The Morgan fingerprint density at radius 3 is 2.71 bits per heavy atom. The number of carbonyl (C=O) groups is 1. The topological polar surface area (TPSA) is 46.4 Å². The maximum atomic E-state index is 14.2. The van der Waals surface area contributed by atoms with Crippen LogP contribution in [0.1, 0.15) is 26.7 Å². The van der Waals surface area contributed by atoms with E-state index in [0.717, 1.165) is 32.6 Å². The second-order valence-corrected chi connectivity index (χ2v) is 5.80. The van der Waals surface area contributed by atoms with Crippen LogP contribution in [-0.4, -0.2) is 32.1 Å². The summed E-state index contributed by atoms with van der Waals surface area (Å²) in [5.74, 6) is 0.130. The first kappa shape index (κ1) is 15.8. The zero-order valence-corrected chi connectivity index (χ0v) is 12.7. The van der Waals surface area contributed by atoms with Crippen LogP contribution in [0.2, 0.25) is 0 Å². The molecule has 0 unspecified atom stereocenters. The molecule has 0 atom stereocenters. The Balaban J connectivity index is 1.96. The van der Waals surface area contributed by atoms with Crippen molar-refractivity contribution in [3.05, 3.63) is 24.0 Å². The summed E-state index contributed by atoms with van der Waals surface area (Å²) in [4.78, 5) is 13.8.